The largest absolute Gasteiger partial charge is 0.416 e. The molecule has 7 heteroatoms. The summed E-state index contributed by atoms with van der Waals surface area (Å²) >= 11 is 0. The highest BCUT2D eigenvalue weighted by molar-refractivity contribution is 5.95. The number of anilines is 2. The third kappa shape index (κ3) is 5.32. The zero-order valence-corrected chi connectivity index (χ0v) is 15.4. The van der Waals surface area contributed by atoms with Crippen LogP contribution in [0.4, 0.5) is 24.5 Å². The summed E-state index contributed by atoms with van der Waals surface area (Å²) in [6, 6.07) is 9.86. The van der Waals surface area contributed by atoms with Gasteiger partial charge in [-0.3, -0.25) is 9.59 Å². The van der Waals surface area contributed by atoms with Crippen LogP contribution < -0.4 is 10.2 Å². The van der Waals surface area contributed by atoms with Crippen molar-refractivity contribution in [1.82, 2.24) is 0 Å². The van der Waals surface area contributed by atoms with Crippen molar-refractivity contribution in [2.24, 2.45) is 0 Å². The molecule has 4 nitrogen and oxygen atoms in total. The number of benzene rings is 2. The summed E-state index contributed by atoms with van der Waals surface area (Å²) < 4.78 is 38.0. The SMILES string of the molecule is CC(=O)N(CCC(=O)Nc1cccc(C)c1C)c1ccc(C(F)(F)F)cc1. The molecule has 0 heterocycles. The van der Waals surface area contributed by atoms with Crippen LogP contribution in [0.5, 0.6) is 0 Å². The topological polar surface area (TPSA) is 49.4 Å². The van der Waals surface area contributed by atoms with Crippen molar-refractivity contribution in [1.29, 1.82) is 0 Å². The Labute approximate surface area is 156 Å². The van der Waals surface area contributed by atoms with Crippen molar-refractivity contribution in [3.63, 3.8) is 0 Å². The zero-order valence-electron chi connectivity index (χ0n) is 15.4. The number of halogens is 3. The number of carbonyl (C=O) groups excluding carboxylic acids is 2. The van der Waals surface area contributed by atoms with Crippen LogP contribution in [0, 0.1) is 13.8 Å². The van der Waals surface area contributed by atoms with Gasteiger partial charge < -0.3 is 10.2 Å². The lowest BCUT2D eigenvalue weighted by atomic mass is 10.1. The number of rotatable bonds is 5. The highest BCUT2D eigenvalue weighted by atomic mass is 19.4. The number of amides is 2. The van der Waals surface area contributed by atoms with Crippen molar-refractivity contribution in [3.8, 4) is 0 Å². The predicted molar refractivity (Wildman–Crippen MR) is 98.6 cm³/mol. The molecule has 0 aliphatic carbocycles. The minimum atomic E-state index is -4.44. The van der Waals surface area contributed by atoms with Gasteiger partial charge in [0, 0.05) is 31.3 Å². The Balaban J connectivity index is 2.05. The molecule has 0 radical (unpaired) electrons. The van der Waals surface area contributed by atoms with Crippen LogP contribution in [0.15, 0.2) is 42.5 Å². The first kappa shape index (κ1) is 20.5. The molecule has 0 spiro atoms. The molecular formula is C20H21F3N2O2. The highest BCUT2D eigenvalue weighted by Crippen LogP contribution is 2.30. The summed E-state index contributed by atoms with van der Waals surface area (Å²) in [5.41, 5.74) is 2.22. The Hall–Kier alpha value is -2.83. The van der Waals surface area contributed by atoms with E-state index in [4.69, 9.17) is 0 Å². The van der Waals surface area contributed by atoms with E-state index in [-0.39, 0.29) is 24.8 Å². The Kier molecular flexibility index (Phi) is 6.25. The van der Waals surface area contributed by atoms with Gasteiger partial charge in [-0.15, -0.1) is 0 Å². The van der Waals surface area contributed by atoms with E-state index >= 15 is 0 Å². The van der Waals surface area contributed by atoms with Gasteiger partial charge in [0.1, 0.15) is 0 Å². The molecule has 0 aliphatic rings. The van der Waals surface area contributed by atoms with Crippen LogP contribution in [0.25, 0.3) is 0 Å². The highest BCUT2D eigenvalue weighted by Gasteiger charge is 2.30. The second-order valence-corrected chi connectivity index (χ2v) is 6.26. The number of nitrogens with one attached hydrogen (secondary N) is 1. The van der Waals surface area contributed by atoms with Crippen LogP contribution >= 0.6 is 0 Å². The van der Waals surface area contributed by atoms with E-state index in [9.17, 15) is 22.8 Å². The summed E-state index contributed by atoms with van der Waals surface area (Å²) in [4.78, 5) is 25.4. The van der Waals surface area contributed by atoms with E-state index < -0.39 is 11.7 Å². The average Bonchev–Trinajstić information content (AvgIpc) is 2.58. The third-order valence-electron chi connectivity index (χ3n) is 4.33. The number of alkyl halides is 3. The smallest absolute Gasteiger partial charge is 0.326 e. The molecule has 0 unspecified atom stereocenters. The van der Waals surface area contributed by atoms with Crippen molar-refractivity contribution >= 4 is 23.2 Å². The third-order valence-corrected chi connectivity index (χ3v) is 4.33. The van der Waals surface area contributed by atoms with Gasteiger partial charge in [-0.05, 0) is 55.3 Å². The fraction of sp³-hybridized carbons (Fsp3) is 0.300. The lowest BCUT2D eigenvalue weighted by Gasteiger charge is -2.21. The fourth-order valence-corrected chi connectivity index (χ4v) is 2.61. The predicted octanol–water partition coefficient (Wildman–Crippen LogP) is 4.70. The first-order valence-corrected chi connectivity index (χ1v) is 8.41. The van der Waals surface area contributed by atoms with Gasteiger partial charge in [-0.2, -0.15) is 13.2 Å². The average molecular weight is 378 g/mol. The monoisotopic (exact) mass is 378 g/mol. The molecule has 0 atom stereocenters. The van der Waals surface area contributed by atoms with Gasteiger partial charge >= 0.3 is 6.18 Å². The van der Waals surface area contributed by atoms with Crippen molar-refractivity contribution in [2.75, 3.05) is 16.8 Å². The van der Waals surface area contributed by atoms with Gasteiger partial charge in [-0.25, -0.2) is 0 Å². The Morgan fingerprint density at radius 2 is 1.67 bits per heavy atom. The normalized spacial score (nSPS) is 11.2. The zero-order chi connectivity index (χ0) is 20.2. The van der Waals surface area contributed by atoms with Crippen LogP contribution in [0.2, 0.25) is 0 Å². The number of hydrogen-bond donors (Lipinski definition) is 1. The molecule has 0 aliphatic heterocycles. The van der Waals surface area contributed by atoms with Gasteiger partial charge in [0.25, 0.3) is 0 Å². The lowest BCUT2D eigenvalue weighted by molar-refractivity contribution is -0.137. The van der Waals surface area contributed by atoms with Crippen molar-refractivity contribution in [2.45, 2.75) is 33.4 Å². The minimum absolute atomic E-state index is 0.0218. The maximum atomic E-state index is 12.7. The first-order chi connectivity index (χ1) is 12.6. The molecule has 2 aromatic carbocycles. The minimum Gasteiger partial charge on any atom is -0.326 e. The maximum absolute atomic E-state index is 12.7. The lowest BCUT2D eigenvalue weighted by Crippen LogP contribution is -2.32. The fourth-order valence-electron chi connectivity index (χ4n) is 2.61. The standard InChI is InChI=1S/C20H21F3N2O2/c1-13-5-4-6-18(14(13)2)24-19(27)11-12-25(15(3)26)17-9-7-16(8-10-17)20(21,22)23/h4-10H,11-12H2,1-3H3,(H,24,27). The molecule has 0 fully saturated rings. The second kappa shape index (κ2) is 8.24. The van der Waals surface area contributed by atoms with Crippen LogP contribution in [0.1, 0.15) is 30.0 Å². The second-order valence-electron chi connectivity index (χ2n) is 6.26. The number of carbonyl (C=O) groups is 2. The molecule has 0 bridgehead atoms. The molecular weight excluding hydrogens is 357 g/mol. The first-order valence-electron chi connectivity index (χ1n) is 8.41. The van der Waals surface area contributed by atoms with E-state index in [0.717, 1.165) is 23.3 Å². The number of nitrogens with zero attached hydrogens (tertiary/aromatic N) is 1. The molecule has 1 N–H and O–H groups in total. The van der Waals surface area contributed by atoms with Gasteiger partial charge in [-0.1, -0.05) is 12.1 Å². The van der Waals surface area contributed by atoms with Gasteiger partial charge in [0.15, 0.2) is 0 Å². The van der Waals surface area contributed by atoms with E-state index in [2.05, 4.69) is 5.32 Å². The van der Waals surface area contributed by atoms with Crippen molar-refractivity contribution < 1.29 is 22.8 Å². The summed E-state index contributed by atoms with van der Waals surface area (Å²) in [5.74, 6) is -0.629. The molecule has 0 saturated heterocycles. The quantitative estimate of drug-likeness (QED) is 0.820. The van der Waals surface area contributed by atoms with Crippen LogP contribution in [-0.2, 0) is 15.8 Å². The Bertz CT molecular complexity index is 830. The Morgan fingerprint density at radius 1 is 1.04 bits per heavy atom. The van der Waals surface area contributed by atoms with E-state index in [1.54, 1.807) is 6.07 Å². The summed E-state index contributed by atoms with van der Waals surface area (Å²) in [6.45, 7) is 5.21. The molecule has 0 aromatic heterocycles. The number of aryl methyl sites for hydroxylation is 1. The summed E-state index contributed by atoms with van der Waals surface area (Å²) in [6.07, 6.45) is -4.42. The molecule has 2 amide bonds. The molecule has 144 valence electrons. The molecule has 2 aromatic rings. The molecule has 0 saturated carbocycles. The van der Waals surface area contributed by atoms with Gasteiger partial charge in [0.05, 0.1) is 5.56 Å². The van der Waals surface area contributed by atoms with E-state index in [1.165, 1.54) is 24.0 Å². The summed E-state index contributed by atoms with van der Waals surface area (Å²) in [5, 5.41) is 2.80. The van der Waals surface area contributed by atoms with Gasteiger partial charge in [0.2, 0.25) is 11.8 Å². The van der Waals surface area contributed by atoms with Crippen LogP contribution in [0.3, 0.4) is 0 Å². The summed E-state index contributed by atoms with van der Waals surface area (Å²) in [7, 11) is 0. The Morgan fingerprint density at radius 3 is 2.22 bits per heavy atom. The van der Waals surface area contributed by atoms with E-state index in [1.807, 2.05) is 26.0 Å². The molecule has 2 rings (SSSR count). The number of hydrogen-bond acceptors (Lipinski definition) is 2. The van der Waals surface area contributed by atoms with E-state index in [0.29, 0.717) is 11.4 Å². The maximum Gasteiger partial charge on any atom is 0.416 e. The van der Waals surface area contributed by atoms with Crippen LogP contribution in [-0.4, -0.2) is 18.4 Å². The molecule has 27 heavy (non-hydrogen) atoms. The van der Waals surface area contributed by atoms with Crippen molar-refractivity contribution in [3.05, 3.63) is 59.2 Å².